The number of nitrogens with zero attached hydrogens (tertiary/aromatic N) is 2. The average Bonchev–Trinajstić information content (AvgIpc) is 2.97. The summed E-state index contributed by atoms with van der Waals surface area (Å²) in [6.45, 7) is 4.06. The molecule has 24 heavy (non-hydrogen) atoms. The van der Waals surface area contributed by atoms with Gasteiger partial charge < -0.3 is 10.6 Å². The molecule has 2 amide bonds. The van der Waals surface area contributed by atoms with E-state index in [1.54, 1.807) is 16.9 Å². The first-order valence-electron chi connectivity index (χ1n) is 7.45. The smallest absolute Gasteiger partial charge is 0.252 e. The van der Waals surface area contributed by atoms with Crippen molar-refractivity contribution in [1.29, 1.82) is 0 Å². The lowest BCUT2D eigenvalue weighted by atomic mass is 10.2. The van der Waals surface area contributed by atoms with Crippen LogP contribution in [0.3, 0.4) is 0 Å². The first-order valence-corrected chi connectivity index (χ1v) is 8.24. The van der Waals surface area contributed by atoms with E-state index in [1.165, 1.54) is 12.1 Å². The highest BCUT2D eigenvalue weighted by Crippen LogP contribution is 2.17. The van der Waals surface area contributed by atoms with Crippen molar-refractivity contribution in [2.24, 2.45) is 0 Å². The van der Waals surface area contributed by atoms with E-state index in [0.29, 0.717) is 10.3 Å². The first-order chi connectivity index (χ1) is 11.4. The summed E-state index contributed by atoms with van der Waals surface area (Å²) in [5.74, 6) is -0.574. The second-order valence-electron chi connectivity index (χ2n) is 5.43. The highest BCUT2D eigenvalue weighted by atomic mass is 79.9. The zero-order valence-corrected chi connectivity index (χ0v) is 14.9. The number of carbonyl (C=O) groups is 2. The summed E-state index contributed by atoms with van der Waals surface area (Å²) in [4.78, 5) is 24.0. The lowest BCUT2D eigenvalue weighted by Gasteiger charge is -2.12. The van der Waals surface area contributed by atoms with Gasteiger partial charge in [0.1, 0.15) is 11.6 Å². The molecule has 1 aromatic carbocycles. The van der Waals surface area contributed by atoms with Crippen molar-refractivity contribution in [2.45, 2.75) is 26.3 Å². The molecule has 0 unspecified atom stereocenters. The van der Waals surface area contributed by atoms with E-state index in [2.05, 4.69) is 31.7 Å². The fourth-order valence-corrected chi connectivity index (χ4v) is 2.51. The van der Waals surface area contributed by atoms with E-state index < -0.39 is 11.7 Å². The highest BCUT2D eigenvalue weighted by Gasteiger charge is 2.13. The molecule has 0 aliphatic carbocycles. The molecule has 0 radical (unpaired) electrons. The van der Waals surface area contributed by atoms with Crippen LogP contribution in [0.4, 0.5) is 10.2 Å². The van der Waals surface area contributed by atoms with Crippen LogP contribution in [0.15, 0.2) is 34.9 Å². The number of benzene rings is 1. The number of hydrogen-bond donors (Lipinski definition) is 2. The molecule has 1 heterocycles. The van der Waals surface area contributed by atoms with Crippen LogP contribution in [0, 0.1) is 5.82 Å². The van der Waals surface area contributed by atoms with Gasteiger partial charge in [-0.2, -0.15) is 5.10 Å². The molecular formula is C16H18BrFN4O2. The van der Waals surface area contributed by atoms with Crippen LogP contribution in [-0.2, 0) is 4.79 Å². The van der Waals surface area contributed by atoms with Gasteiger partial charge in [0, 0.05) is 29.5 Å². The number of amides is 2. The van der Waals surface area contributed by atoms with Crippen LogP contribution >= 0.6 is 15.9 Å². The molecule has 2 rings (SSSR count). The van der Waals surface area contributed by atoms with Crippen molar-refractivity contribution < 1.29 is 14.0 Å². The van der Waals surface area contributed by atoms with E-state index >= 15 is 0 Å². The van der Waals surface area contributed by atoms with Gasteiger partial charge in [0.2, 0.25) is 5.91 Å². The number of aromatic nitrogens is 2. The molecule has 0 bridgehead atoms. The molecule has 8 heteroatoms. The van der Waals surface area contributed by atoms with Crippen LogP contribution in [0.1, 0.15) is 36.7 Å². The van der Waals surface area contributed by atoms with Crippen LogP contribution in [-0.4, -0.2) is 28.1 Å². The molecular weight excluding hydrogens is 379 g/mol. The van der Waals surface area contributed by atoms with Gasteiger partial charge >= 0.3 is 0 Å². The first kappa shape index (κ1) is 18.1. The summed E-state index contributed by atoms with van der Waals surface area (Å²) in [5, 5.41) is 9.47. The van der Waals surface area contributed by atoms with Gasteiger partial charge in [0.15, 0.2) is 0 Å². The van der Waals surface area contributed by atoms with Crippen molar-refractivity contribution in [3.63, 3.8) is 0 Å². The minimum absolute atomic E-state index is 0.0992. The Kier molecular flexibility index (Phi) is 6.08. The van der Waals surface area contributed by atoms with Gasteiger partial charge in [0.05, 0.1) is 11.8 Å². The fourth-order valence-electron chi connectivity index (χ4n) is 2.09. The van der Waals surface area contributed by atoms with Crippen LogP contribution < -0.4 is 10.6 Å². The Labute approximate surface area is 147 Å². The predicted octanol–water partition coefficient (Wildman–Crippen LogP) is 3.12. The SMILES string of the molecule is CC(C)n1nccc1NC(=O)CCNC(=O)c1cc(F)ccc1Br. The minimum atomic E-state index is -0.497. The Balaban J connectivity index is 1.85. The average molecular weight is 397 g/mol. The molecule has 0 saturated heterocycles. The van der Waals surface area contributed by atoms with Gasteiger partial charge in [-0.1, -0.05) is 0 Å². The zero-order chi connectivity index (χ0) is 17.7. The van der Waals surface area contributed by atoms with Crippen LogP contribution in [0.2, 0.25) is 0 Å². The third-order valence-corrected chi connectivity index (χ3v) is 3.93. The lowest BCUT2D eigenvalue weighted by Crippen LogP contribution is -2.28. The van der Waals surface area contributed by atoms with Gasteiger partial charge in [-0.25, -0.2) is 9.07 Å². The van der Waals surface area contributed by atoms with E-state index in [1.807, 2.05) is 13.8 Å². The standard InChI is InChI=1S/C16H18BrFN4O2/c1-10(2)22-14(5-8-20-22)21-15(23)6-7-19-16(24)12-9-11(18)3-4-13(12)17/h3-5,8-10H,6-7H2,1-2H3,(H,19,24)(H,21,23). The zero-order valence-electron chi connectivity index (χ0n) is 13.3. The third kappa shape index (κ3) is 4.64. The van der Waals surface area contributed by atoms with Gasteiger partial charge in [-0.15, -0.1) is 0 Å². The van der Waals surface area contributed by atoms with Gasteiger partial charge in [-0.05, 0) is 48.0 Å². The molecule has 6 nitrogen and oxygen atoms in total. The molecule has 128 valence electrons. The summed E-state index contributed by atoms with van der Waals surface area (Å²) in [6, 6.07) is 5.69. The Morgan fingerprint density at radius 2 is 2.08 bits per heavy atom. The number of nitrogens with one attached hydrogen (secondary N) is 2. The van der Waals surface area contributed by atoms with E-state index in [9.17, 15) is 14.0 Å². The predicted molar refractivity (Wildman–Crippen MR) is 92.3 cm³/mol. The summed E-state index contributed by atoms with van der Waals surface area (Å²) in [5.41, 5.74) is 0.188. The van der Waals surface area contributed by atoms with Crippen molar-refractivity contribution in [2.75, 3.05) is 11.9 Å². The Morgan fingerprint density at radius 3 is 2.79 bits per heavy atom. The van der Waals surface area contributed by atoms with E-state index in [0.717, 1.165) is 6.07 Å². The number of halogens is 2. The molecule has 0 atom stereocenters. The summed E-state index contributed by atoms with van der Waals surface area (Å²) >= 11 is 3.20. The minimum Gasteiger partial charge on any atom is -0.351 e. The fraction of sp³-hybridized carbons (Fsp3) is 0.312. The van der Waals surface area contributed by atoms with Gasteiger partial charge in [0.25, 0.3) is 5.91 Å². The highest BCUT2D eigenvalue weighted by molar-refractivity contribution is 9.10. The lowest BCUT2D eigenvalue weighted by molar-refractivity contribution is -0.116. The van der Waals surface area contributed by atoms with E-state index in [-0.39, 0.29) is 30.5 Å². The monoisotopic (exact) mass is 396 g/mol. The van der Waals surface area contributed by atoms with E-state index in [4.69, 9.17) is 0 Å². The van der Waals surface area contributed by atoms with Crippen LogP contribution in [0.5, 0.6) is 0 Å². The second kappa shape index (κ2) is 8.05. The Bertz CT molecular complexity index is 745. The summed E-state index contributed by atoms with van der Waals surface area (Å²) in [7, 11) is 0. The van der Waals surface area contributed by atoms with Crippen LogP contribution in [0.25, 0.3) is 0 Å². The molecule has 0 fully saturated rings. The van der Waals surface area contributed by atoms with Gasteiger partial charge in [-0.3, -0.25) is 9.59 Å². The molecule has 2 aromatic rings. The summed E-state index contributed by atoms with van der Waals surface area (Å²) in [6.07, 6.45) is 1.71. The quantitative estimate of drug-likeness (QED) is 0.787. The number of hydrogen-bond acceptors (Lipinski definition) is 3. The molecule has 0 saturated carbocycles. The second-order valence-corrected chi connectivity index (χ2v) is 6.29. The Morgan fingerprint density at radius 1 is 1.33 bits per heavy atom. The maximum absolute atomic E-state index is 13.2. The van der Waals surface area contributed by atoms with Crippen molar-refractivity contribution >= 4 is 33.6 Å². The maximum Gasteiger partial charge on any atom is 0.252 e. The topological polar surface area (TPSA) is 76.0 Å². The molecule has 0 aliphatic rings. The Hall–Kier alpha value is -2.22. The molecule has 2 N–H and O–H groups in total. The molecule has 0 aliphatic heterocycles. The van der Waals surface area contributed by atoms with Crippen molar-refractivity contribution in [3.8, 4) is 0 Å². The van der Waals surface area contributed by atoms with Crippen molar-refractivity contribution in [1.82, 2.24) is 15.1 Å². The third-order valence-electron chi connectivity index (χ3n) is 3.24. The number of carbonyl (C=O) groups excluding carboxylic acids is 2. The summed E-state index contributed by atoms with van der Waals surface area (Å²) < 4.78 is 15.4. The normalized spacial score (nSPS) is 10.7. The maximum atomic E-state index is 13.2. The molecule has 0 spiro atoms. The largest absolute Gasteiger partial charge is 0.351 e. The molecule has 1 aromatic heterocycles. The van der Waals surface area contributed by atoms with Crippen molar-refractivity contribution in [3.05, 3.63) is 46.3 Å². The number of anilines is 1. The number of rotatable bonds is 6.